The van der Waals surface area contributed by atoms with Gasteiger partial charge in [-0.25, -0.2) is 4.68 Å². The first-order valence-electron chi connectivity index (χ1n) is 12.7. The van der Waals surface area contributed by atoms with Crippen molar-refractivity contribution >= 4 is 10.9 Å². The lowest BCUT2D eigenvalue weighted by atomic mass is 9.99. The summed E-state index contributed by atoms with van der Waals surface area (Å²) in [4.78, 5) is 18.4. The molecule has 0 saturated heterocycles. The number of pyridine rings is 1. The second kappa shape index (κ2) is 11.6. The van der Waals surface area contributed by atoms with Crippen LogP contribution in [0.3, 0.4) is 0 Å². The second-order valence-electron chi connectivity index (χ2n) is 9.88. The van der Waals surface area contributed by atoms with Crippen molar-refractivity contribution in [2.24, 2.45) is 5.92 Å². The smallest absolute Gasteiger partial charge is 0.252 e. The number of fused-ring (bicyclic) bond motifs is 1. The van der Waals surface area contributed by atoms with Gasteiger partial charge in [-0.15, -0.1) is 5.10 Å². The minimum absolute atomic E-state index is 0.0762. The zero-order chi connectivity index (χ0) is 25.7. The molecule has 36 heavy (non-hydrogen) atoms. The predicted octanol–water partition coefficient (Wildman–Crippen LogP) is 3.96. The number of tetrazole rings is 1. The Bertz CT molecular complexity index is 1350. The third-order valence-electron chi connectivity index (χ3n) is 6.82. The lowest BCUT2D eigenvalue weighted by Crippen LogP contribution is -2.36. The van der Waals surface area contributed by atoms with E-state index < -0.39 is 0 Å². The Morgan fingerprint density at radius 3 is 2.56 bits per heavy atom. The summed E-state index contributed by atoms with van der Waals surface area (Å²) in [5, 5.41) is 23.3. The van der Waals surface area contributed by atoms with E-state index in [4.69, 9.17) is 0 Å². The average Bonchev–Trinajstić information content (AvgIpc) is 3.31. The van der Waals surface area contributed by atoms with Crippen molar-refractivity contribution in [2.75, 3.05) is 13.2 Å². The molecular formula is C28H36N6O2. The first-order valence-corrected chi connectivity index (χ1v) is 12.7. The fraction of sp³-hybridized carbons (Fsp3) is 0.429. The van der Waals surface area contributed by atoms with Gasteiger partial charge in [-0.1, -0.05) is 44.2 Å². The Labute approximate surface area is 212 Å². The Morgan fingerprint density at radius 1 is 1.08 bits per heavy atom. The van der Waals surface area contributed by atoms with Crippen molar-refractivity contribution in [3.05, 3.63) is 87.0 Å². The van der Waals surface area contributed by atoms with Crippen LogP contribution in [0.4, 0.5) is 0 Å². The topological polar surface area (TPSA) is 99.9 Å². The van der Waals surface area contributed by atoms with Crippen molar-refractivity contribution in [1.82, 2.24) is 30.1 Å². The average molecular weight is 489 g/mol. The Hall–Kier alpha value is -3.36. The van der Waals surface area contributed by atoms with Gasteiger partial charge in [-0.3, -0.25) is 9.69 Å². The third kappa shape index (κ3) is 5.88. The van der Waals surface area contributed by atoms with Gasteiger partial charge in [0.15, 0.2) is 5.82 Å². The van der Waals surface area contributed by atoms with Crippen LogP contribution in [0.1, 0.15) is 54.4 Å². The number of aromatic nitrogens is 5. The molecule has 1 atom stereocenters. The zero-order valence-corrected chi connectivity index (χ0v) is 21.6. The quantitative estimate of drug-likeness (QED) is 0.332. The summed E-state index contributed by atoms with van der Waals surface area (Å²) in [6, 6.07) is 16.3. The van der Waals surface area contributed by atoms with Crippen LogP contribution in [0.5, 0.6) is 0 Å². The Morgan fingerprint density at radius 2 is 1.83 bits per heavy atom. The molecule has 0 bridgehead atoms. The van der Waals surface area contributed by atoms with Crippen LogP contribution in [0.2, 0.25) is 0 Å². The monoisotopic (exact) mass is 488 g/mol. The van der Waals surface area contributed by atoms with Crippen LogP contribution in [0.15, 0.2) is 53.3 Å². The Kier molecular flexibility index (Phi) is 8.28. The number of aromatic amines is 1. The van der Waals surface area contributed by atoms with Gasteiger partial charge < -0.3 is 10.1 Å². The molecule has 2 aromatic heterocycles. The van der Waals surface area contributed by atoms with Crippen molar-refractivity contribution in [1.29, 1.82) is 0 Å². The molecule has 0 radical (unpaired) electrons. The van der Waals surface area contributed by atoms with Crippen LogP contribution in [0.25, 0.3) is 10.9 Å². The van der Waals surface area contributed by atoms with Crippen molar-refractivity contribution in [2.45, 2.75) is 59.7 Å². The first-order chi connectivity index (χ1) is 17.4. The number of nitrogens with zero attached hydrogens (tertiary/aromatic N) is 5. The molecule has 0 fully saturated rings. The predicted molar refractivity (Wildman–Crippen MR) is 142 cm³/mol. The van der Waals surface area contributed by atoms with Gasteiger partial charge >= 0.3 is 0 Å². The molecule has 2 aromatic carbocycles. The molecule has 0 aliphatic carbocycles. The van der Waals surface area contributed by atoms with Gasteiger partial charge in [0.1, 0.15) is 0 Å². The van der Waals surface area contributed by atoms with E-state index in [0.29, 0.717) is 31.6 Å². The van der Waals surface area contributed by atoms with E-state index in [9.17, 15) is 9.90 Å². The number of H-pyrrole nitrogens is 1. The highest BCUT2D eigenvalue weighted by Crippen LogP contribution is 2.29. The minimum atomic E-state index is -0.114. The number of aliphatic hydroxyl groups is 1. The van der Waals surface area contributed by atoms with E-state index >= 15 is 0 Å². The third-order valence-corrected chi connectivity index (χ3v) is 6.82. The molecule has 4 aromatic rings. The van der Waals surface area contributed by atoms with Gasteiger partial charge in [0.25, 0.3) is 5.56 Å². The summed E-state index contributed by atoms with van der Waals surface area (Å²) in [7, 11) is 0. The van der Waals surface area contributed by atoms with E-state index in [1.54, 1.807) is 0 Å². The summed E-state index contributed by atoms with van der Waals surface area (Å²) in [6.07, 6.45) is 1.42. The number of nitrogens with one attached hydrogen (secondary N) is 1. The minimum Gasteiger partial charge on any atom is -0.396 e. The molecule has 2 N–H and O–H groups in total. The molecular weight excluding hydrogens is 452 g/mol. The van der Waals surface area contributed by atoms with Gasteiger partial charge in [0, 0.05) is 37.3 Å². The van der Waals surface area contributed by atoms with E-state index in [-0.39, 0.29) is 24.1 Å². The summed E-state index contributed by atoms with van der Waals surface area (Å²) < 4.78 is 1.88. The molecule has 8 heteroatoms. The normalized spacial score (nSPS) is 12.6. The fourth-order valence-electron chi connectivity index (χ4n) is 4.79. The summed E-state index contributed by atoms with van der Waals surface area (Å²) >= 11 is 0. The highest BCUT2D eigenvalue weighted by Gasteiger charge is 2.29. The zero-order valence-electron chi connectivity index (χ0n) is 21.6. The highest BCUT2D eigenvalue weighted by molar-refractivity contribution is 5.80. The van der Waals surface area contributed by atoms with Crippen LogP contribution >= 0.6 is 0 Å². The number of aryl methyl sites for hydroxylation is 4. The molecule has 0 spiro atoms. The molecule has 0 aliphatic rings. The van der Waals surface area contributed by atoms with E-state index in [1.165, 1.54) is 11.1 Å². The number of rotatable bonds is 11. The molecule has 2 heterocycles. The summed E-state index contributed by atoms with van der Waals surface area (Å²) in [5.41, 5.74) is 5.01. The molecule has 0 amide bonds. The maximum Gasteiger partial charge on any atom is 0.252 e. The van der Waals surface area contributed by atoms with Gasteiger partial charge in [-0.2, -0.15) is 0 Å². The molecule has 0 saturated carbocycles. The molecule has 0 unspecified atom stereocenters. The van der Waals surface area contributed by atoms with Crippen molar-refractivity contribution < 1.29 is 5.11 Å². The van der Waals surface area contributed by atoms with Crippen molar-refractivity contribution in [3.63, 3.8) is 0 Å². The standard InChI is InChI=1S/C28H36N6O2/c1-19(2)26(27-30-31-32-34(27)13-11-22-9-6-5-7-10-22)33(12-8-14-35)18-24-17-23-15-20(3)21(4)16-25(23)29-28(24)36/h5-7,9-10,15-17,19,26,35H,8,11-14,18H2,1-4H3,(H,29,36)/t26-/m1/s1. The largest absolute Gasteiger partial charge is 0.396 e. The van der Waals surface area contributed by atoms with E-state index in [2.05, 4.69) is 64.4 Å². The first kappa shape index (κ1) is 25.7. The lowest BCUT2D eigenvalue weighted by Gasteiger charge is -2.33. The SMILES string of the molecule is Cc1cc2cc(CN(CCCO)[C@@H](c3nnnn3CCc3ccccc3)C(C)C)c(=O)[nH]c2cc1C. The number of hydrogen-bond acceptors (Lipinski definition) is 6. The number of hydrogen-bond donors (Lipinski definition) is 2. The molecule has 4 rings (SSSR count). The van der Waals surface area contributed by atoms with Crippen LogP contribution in [-0.4, -0.2) is 48.3 Å². The molecule has 8 nitrogen and oxygen atoms in total. The van der Waals surface area contributed by atoms with Crippen LogP contribution < -0.4 is 5.56 Å². The van der Waals surface area contributed by atoms with Crippen LogP contribution in [0, 0.1) is 19.8 Å². The van der Waals surface area contributed by atoms with Crippen molar-refractivity contribution in [3.8, 4) is 0 Å². The van der Waals surface area contributed by atoms with Crippen LogP contribution in [-0.2, 0) is 19.5 Å². The summed E-state index contributed by atoms with van der Waals surface area (Å²) in [5.74, 6) is 0.970. The fourth-order valence-corrected chi connectivity index (χ4v) is 4.79. The van der Waals surface area contributed by atoms with E-state index in [1.807, 2.05) is 41.9 Å². The van der Waals surface area contributed by atoms with Gasteiger partial charge in [-0.05, 0) is 83.3 Å². The summed E-state index contributed by atoms with van der Waals surface area (Å²) in [6.45, 7) is 10.2. The maximum absolute atomic E-state index is 13.1. The molecule has 190 valence electrons. The van der Waals surface area contributed by atoms with E-state index in [0.717, 1.165) is 28.7 Å². The van der Waals surface area contributed by atoms with Gasteiger partial charge in [0.05, 0.1) is 6.04 Å². The molecule has 0 aliphatic heterocycles. The maximum atomic E-state index is 13.1. The lowest BCUT2D eigenvalue weighted by molar-refractivity contribution is 0.122. The van der Waals surface area contributed by atoms with Gasteiger partial charge in [0.2, 0.25) is 0 Å². The highest BCUT2D eigenvalue weighted by atomic mass is 16.3. The Balaban J connectivity index is 1.65. The second-order valence-corrected chi connectivity index (χ2v) is 9.88. The number of aliphatic hydroxyl groups excluding tert-OH is 1. The number of benzene rings is 2.